The van der Waals surface area contributed by atoms with Crippen molar-refractivity contribution in [3.8, 4) is 11.5 Å². The molecular weight excluding hydrogens is 465 g/mol. The number of ether oxygens (including phenoxy) is 2. The quantitative estimate of drug-likeness (QED) is 0.245. The van der Waals surface area contributed by atoms with Crippen LogP contribution in [0.1, 0.15) is 38.7 Å². The van der Waals surface area contributed by atoms with Crippen LogP contribution in [0, 0.1) is 15.9 Å². The van der Waals surface area contributed by atoms with Crippen LogP contribution in [0.15, 0.2) is 47.6 Å². The Hall–Kier alpha value is -3.67. The SMILES string of the molecule is COc1ccc([N+](=O)[O-])cc1NC(=O)CSc1nnc(C(C)Oc2ccc(F)cc2)n1C(C)C. The molecule has 0 aliphatic rings. The van der Waals surface area contributed by atoms with E-state index in [4.69, 9.17) is 9.47 Å². The lowest BCUT2D eigenvalue weighted by atomic mass is 10.2. The third kappa shape index (κ3) is 6.01. The number of nitrogens with zero attached hydrogens (tertiary/aromatic N) is 4. The van der Waals surface area contributed by atoms with E-state index in [1.165, 1.54) is 61.3 Å². The van der Waals surface area contributed by atoms with Crippen LogP contribution in [0.2, 0.25) is 0 Å². The van der Waals surface area contributed by atoms with E-state index in [9.17, 15) is 19.3 Å². The van der Waals surface area contributed by atoms with Gasteiger partial charge >= 0.3 is 0 Å². The Balaban J connectivity index is 1.71. The second-order valence-corrected chi connectivity index (χ2v) is 8.44. The lowest BCUT2D eigenvalue weighted by Crippen LogP contribution is -2.17. The van der Waals surface area contributed by atoms with Gasteiger partial charge < -0.3 is 19.4 Å². The highest BCUT2D eigenvalue weighted by Crippen LogP contribution is 2.30. The summed E-state index contributed by atoms with van der Waals surface area (Å²) in [5.41, 5.74) is 0.0396. The number of nitro groups is 1. The summed E-state index contributed by atoms with van der Waals surface area (Å²) in [4.78, 5) is 23.0. The summed E-state index contributed by atoms with van der Waals surface area (Å²) in [6.07, 6.45) is -0.474. The van der Waals surface area contributed by atoms with E-state index in [-0.39, 0.29) is 34.9 Å². The van der Waals surface area contributed by atoms with Crippen molar-refractivity contribution in [1.29, 1.82) is 0 Å². The largest absolute Gasteiger partial charge is 0.495 e. The number of nitro benzene ring substituents is 1. The predicted molar refractivity (Wildman–Crippen MR) is 125 cm³/mol. The fourth-order valence-corrected chi connectivity index (χ4v) is 4.02. The van der Waals surface area contributed by atoms with Crippen LogP contribution in [0.4, 0.5) is 15.8 Å². The molecule has 3 rings (SSSR count). The van der Waals surface area contributed by atoms with E-state index < -0.39 is 11.0 Å². The predicted octanol–water partition coefficient (Wildman–Crippen LogP) is 4.79. The number of carbonyl (C=O) groups is 1. The highest BCUT2D eigenvalue weighted by atomic mass is 32.2. The van der Waals surface area contributed by atoms with Crippen LogP contribution in [0.5, 0.6) is 11.5 Å². The molecule has 1 amide bonds. The van der Waals surface area contributed by atoms with Crippen molar-refractivity contribution in [3.05, 3.63) is 64.2 Å². The number of thioether (sulfide) groups is 1. The first-order valence-corrected chi connectivity index (χ1v) is 11.3. The minimum absolute atomic E-state index is 0.0100. The van der Waals surface area contributed by atoms with Gasteiger partial charge in [0.05, 0.1) is 23.5 Å². The van der Waals surface area contributed by atoms with Crippen molar-refractivity contribution in [2.45, 2.75) is 38.1 Å². The molecule has 0 spiro atoms. The monoisotopic (exact) mass is 489 g/mol. The van der Waals surface area contributed by atoms with Gasteiger partial charge in [0.2, 0.25) is 5.91 Å². The standard InChI is InChI=1S/C22H24FN5O5S/c1-13(2)27-21(14(3)33-17-8-5-15(23)6-9-17)25-26-22(27)34-12-20(29)24-18-11-16(28(30)31)7-10-19(18)32-4/h5-11,13-14H,12H2,1-4H3,(H,24,29). The molecule has 0 bridgehead atoms. The maximum atomic E-state index is 13.2. The average Bonchev–Trinajstić information content (AvgIpc) is 3.23. The molecule has 0 fully saturated rings. The van der Waals surface area contributed by atoms with Crippen LogP contribution in [-0.4, -0.2) is 38.5 Å². The van der Waals surface area contributed by atoms with Crippen molar-refractivity contribution in [2.75, 3.05) is 18.2 Å². The summed E-state index contributed by atoms with van der Waals surface area (Å²) >= 11 is 1.17. The van der Waals surface area contributed by atoms with Crippen molar-refractivity contribution in [2.24, 2.45) is 0 Å². The molecule has 10 nitrogen and oxygen atoms in total. The smallest absolute Gasteiger partial charge is 0.271 e. The number of carbonyl (C=O) groups excluding carboxylic acids is 1. The number of benzene rings is 2. The minimum Gasteiger partial charge on any atom is -0.495 e. The minimum atomic E-state index is -0.550. The number of non-ortho nitro benzene ring substituents is 1. The third-order valence-corrected chi connectivity index (χ3v) is 5.64. The number of methoxy groups -OCH3 is 1. The van der Waals surface area contributed by atoms with E-state index in [1.54, 1.807) is 0 Å². The Morgan fingerprint density at radius 3 is 2.53 bits per heavy atom. The number of anilines is 1. The van der Waals surface area contributed by atoms with Gasteiger partial charge in [0, 0.05) is 18.2 Å². The summed E-state index contributed by atoms with van der Waals surface area (Å²) in [6, 6.07) is 9.62. The first kappa shape index (κ1) is 25.0. The zero-order valence-corrected chi connectivity index (χ0v) is 19.8. The van der Waals surface area contributed by atoms with Crippen molar-refractivity contribution < 1.29 is 23.6 Å². The molecule has 1 atom stereocenters. The van der Waals surface area contributed by atoms with E-state index in [1.807, 2.05) is 25.3 Å². The third-order valence-electron chi connectivity index (χ3n) is 4.70. The molecule has 0 saturated heterocycles. The van der Waals surface area contributed by atoms with Crippen molar-refractivity contribution in [1.82, 2.24) is 14.8 Å². The van der Waals surface area contributed by atoms with Crippen LogP contribution in [-0.2, 0) is 4.79 Å². The highest BCUT2D eigenvalue weighted by Gasteiger charge is 2.22. The fraction of sp³-hybridized carbons (Fsp3) is 0.318. The number of amides is 1. The number of rotatable bonds is 10. The van der Waals surface area contributed by atoms with Gasteiger partial charge in [-0.15, -0.1) is 10.2 Å². The second kappa shape index (κ2) is 11.0. The first-order chi connectivity index (χ1) is 16.2. The summed E-state index contributed by atoms with van der Waals surface area (Å²) in [5.74, 6) is 0.603. The molecule has 0 saturated carbocycles. The normalized spacial score (nSPS) is 11.8. The summed E-state index contributed by atoms with van der Waals surface area (Å²) in [5, 5.41) is 22.6. The average molecular weight is 490 g/mol. The number of hydrogen-bond donors (Lipinski definition) is 1. The molecule has 0 aliphatic heterocycles. The maximum Gasteiger partial charge on any atom is 0.271 e. The van der Waals surface area contributed by atoms with Gasteiger partial charge in [0.25, 0.3) is 5.69 Å². The van der Waals surface area contributed by atoms with Crippen molar-refractivity contribution >= 4 is 29.0 Å². The maximum absolute atomic E-state index is 13.2. The first-order valence-electron chi connectivity index (χ1n) is 10.3. The number of aromatic nitrogens is 3. The highest BCUT2D eigenvalue weighted by molar-refractivity contribution is 7.99. The molecule has 2 aromatic carbocycles. The number of halogens is 1. The number of hydrogen-bond acceptors (Lipinski definition) is 8. The Labute approximate surface area is 199 Å². The summed E-state index contributed by atoms with van der Waals surface area (Å²) in [7, 11) is 1.41. The molecule has 12 heteroatoms. The molecule has 180 valence electrons. The topological polar surface area (TPSA) is 121 Å². The molecule has 0 aliphatic carbocycles. The van der Waals surface area contributed by atoms with Crippen LogP contribution >= 0.6 is 11.8 Å². The zero-order chi connectivity index (χ0) is 24.8. The van der Waals surface area contributed by atoms with Gasteiger partial charge in [-0.2, -0.15) is 0 Å². The zero-order valence-electron chi connectivity index (χ0n) is 19.0. The molecule has 34 heavy (non-hydrogen) atoms. The van der Waals surface area contributed by atoms with Gasteiger partial charge in [-0.05, 0) is 51.1 Å². The van der Waals surface area contributed by atoms with Gasteiger partial charge in [0.1, 0.15) is 17.3 Å². The van der Waals surface area contributed by atoms with E-state index in [0.717, 1.165) is 0 Å². The van der Waals surface area contributed by atoms with Crippen molar-refractivity contribution in [3.63, 3.8) is 0 Å². The molecule has 3 aromatic rings. The Morgan fingerprint density at radius 1 is 1.21 bits per heavy atom. The molecule has 1 aromatic heterocycles. The van der Waals surface area contributed by atoms with E-state index in [0.29, 0.717) is 22.5 Å². The molecule has 1 N–H and O–H groups in total. The molecule has 1 unspecified atom stereocenters. The van der Waals surface area contributed by atoms with Gasteiger partial charge in [-0.3, -0.25) is 14.9 Å². The summed E-state index contributed by atoms with van der Waals surface area (Å²) < 4.78 is 26.1. The van der Waals surface area contributed by atoms with E-state index in [2.05, 4.69) is 15.5 Å². The van der Waals surface area contributed by atoms with Crippen LogP contribution < -0.4 is 14.8 Å². The summed E-state index contributed by atoms with van der Waals surface area (Å²) in [6.45, 7) is 5.72. The fourth-order valence-electron chi connectivity index (χ4n) is 3.14. The number of nitrogens with one attached hydrogen (secondary N) is 1. The Kier molecular flexibility index (Phi) is 8.05. The molecule has 0 radical (unpaired) electrons. The van der Waals surface area contributed by atoms with E-state index >= 15 is 0 Å². The Morgan fingerprint density at radius 2 is 1.91 bits per heavy atom. The van der Waals surface area contributed by atoms with Crippen LogP contribution in [0.3, 0.4) is 0 Å². The molecule has 1 heterocycles. The second-order valence-electron chi connectivity index (χ2n) is 7.50. The lowest BCUT2D eigenvalue weighted by molar-refractivity contribution is -0.384. The Bertz CT molecular complexity index is 1170. The van der Waals surface area contributed by atoms with Gasteiger partial charge in [-0.1, -0.05) is 11.8 Å². The van der Waals surface area contributed by atoms with Gasteiger partial charge in [0.15, 0.2) is 17.1 Å². The van der Waals surface area contributed by atoms with Crippen LogP contribution in [0.25, 0.3) is 0 Å². The molecular formula is C22H24FN5O5S. The van der Waals surface area contributed by atoms with Gasteiger partial charge in [-0.25, -0.2) is 4.39 Å². The lowest BCUT2D eigenvalue weighted by Gasteiger charge is -2.19.